The smallest absolute Gasteiger partial charge is 0.272 e. The zero-order valence-corrected chi connectivity index (χ0v) is 19.1. The third kappa shape index (κ3) is 5.48. The van der Waals surface area contributed by atoms with Crippen molar-refractivity contribution in [1.29, 1.82) is 0 Å². The molecule has 0 fully saturated rings. The zero-order chi connectivity index (χ0) is 23.9. The average molecular weight is 493 g/mol. The maximum atomic E-state index is 12.3. The summed E-state index contributed by atoms with van der Waals surface area (Å²) in [5.41, 5.74) is 4.38. The van der Waals surface area contributed by atoms with Gasteiger partial charge in [0.2, 0.25) is 0 Å². The second-order valence-corrected chi connectivity index (χ2v) is 8.24. The van der Waals surface area contributed by atoms with Gasteiger partial charge in [-0.1, -0.05) is 78.0 Å². The second-order valence-electron chi connectivity index (χ2n) is 6.89. The number of carbonyl (C=O) groups is 1. The van der Waals surface area contributed by atoms with E-state index in [0.29, 0.717) is 16.5 Å². The summed E-state index contributed by atoms with van der Waals surface area (Å²) in [7, 11) is 0. The minimum absolute atomic E-state index is 0.0278. The highest BCUT2D eigenvalue weighted by atomic mass is 35.5. The molecule has 0 bridgehead atoms. The number of hydrogen-bond acceptors (Lipinski definition) is 7. The lowest BCUT2D eigenvalue weighted by Crippen LogP contribution is -2.20. The first-order valence-corrected chi connectivity index (χ1v) is 11.3. The van der Waals surface area contributed by atoms with Gasteiger partial charge in [-0.25, -0.2) is 5.43 Å². The Balaban J connectivity index is 1.46. The quantitative estimate of drug-likeness (QED) is 0.164. The molecule has 0 radical (unpaired) electrons. The Kier molecular flexibility index (Phi) is 7.31. The van der Waals surface area contributed by atoms with Crippen molar-refractivity contribution in [1.82, 2.24) is 20.2 Å². The number of hydrogen-bond donors (Lipinski definition) is 1. The summed E-state index contributed by atoms with van der Waals surface area (Å²) >= 11 is 7.02. The largest absolute Gasteiger partial charge is 0.288 e. The van der Waals surface area contributed by atoms with E-state index in [1.54, 1.807) is 6.07 Å². The van der Waals surface area contributed by atoms with Gasteiger partial charge in [0.25, 0.3) is 11.6 Å². The number of aromatic nitrogens is 3. The normalized spacial score (nSPS) is 11.0. The monoisotopic (exact) mass is 492 g/mol. The van der Waals surface area contributed by atoms with Crippen molar-refractivity contribution < 1.29 is 9.72 Å². The van der Waals surface area contributed by atoms with Gasteiger partial charge in [-0.3, -0.25) is 19.5 Å². The van der Waals surface area contributed by atoms with Crippen LogP contribution in [0.25, 0.3) is 17.1 Å². The first-order valence-electron chi connectivity index (χ1n) is 9.98. The van der Waals surface area contributed by atoms with Gasteiger partial charge in [-0.05, 0) is 18.2 Å². The lowest BCUT2D eigenvalue weighted by molar-refractivity contribution is -0.384. The lowest BCUT2D eigenvalue weighted by atomic mass is 10.2. The topological polar surface area (TPSA) is 115 Å². The maximum Gasteiger partial charge on any atom is 0.288 e. The molecule has 170 valence electrons. The van der Waals surface area contributed by atoms with Gasteiger partial charge in [0.15, 0.2) is 11.0 Å². The van der Waals surface area contributed by atoms with Gasteiger partial charge in [0.05, 0.1) is 16.9 Å². The summed E-state index contributed by atoms with van der Waals surface area (Å²) in [6.45, 7) is 0. The van der Waals surface area contributed by atoms with Crippen LogP contribution in [0.5, 0.6) is 0 Å². The van der Waals surface area contributed by atoms with Gasteiger partial charge in [0, 0.05) is 22.9 Å². The molecule has 1 heterocycles. The summed E-state index contributed by atoms with van der Waals surface area (Å²) in [6.07, 6.45) is 1.31. The standard InChI is InChI=1S/C23H17ClN6O3S/c24-19-12-11-16(13-20(19)30(32)33)14-25-26-21(31)15-34-23-28-27-22(17-7-3-1-4-8-17)29(23)18-9-5-2-6-10-18/h1-14H,15H2,(H,26,31)/b25-14-. The van der Waals surface area contributed by atoms with Crippen molar-refractivity contribution in [2.24, 2.45) is 5.10 Å². The molecule has 0 spiro atoms. The SMILES string of the molecule is O=C(CSc1nnc(-c2ccccc2)n1-c1ccccc1)N/N=C\c1ccc(Cl)c([N+](=O)[O-])c1. The number of rotatable bonds is 8. The number of thioether (sulfide) groups is 1. The first-order chi connectivity index (χ1) is 16.5. The lowest BCUT2D eigenvalue weighted by Gasteiger charge is -2.10. The highest BCUT2D eigenvalue weighted by Crippen LogP contribution is 2.28. The van der Waals surface area contributed by atoms with Crippen molar-refractivity contribution >= 4 is 41.2 Å². The predicted octanol–water partition coefficient (Wildman–Crippen LogP) is 4.74. The Bertz CT molecular complexity index is 1350. The molecule has 0 aliphatic carbocycles. The fraction of sp³-hybridized carbons (Fsp3) is 0.0435. The van der Waals surface area contributed by atoms with Gasteiger partial charge in [0.1, 0.15) is 5.02 Å². The summed E-state index contributed by atoms with van der Waals surface area (Å²) in [6, 6.07) is 23.5. The summed E-state index contributed by atoms with van der Waals surface area (Å²) in [5.74, 6) is 0.336. The van der Waals surface area contributed by atoms with E-state index >= 15 is 0 Å². The summed E-state index contributed by atoms with van der Waals surface area (Å²) in [4.78, 5) is 22.7. The molecule has 0 unspecified atom stereocenters. The number of nitrogens with zero attached hydrogens (tertiary/aromatic N) is 5. The fourth-order valence-electron chi connectivity index (χ4n) is 3.04. The minimum Gasteiger partial charge on any atom is -0.272 e. The molecule has 0 saturated heterocycles. The van der Waals surface area contributed by atoms with Gasteiger partial charge in [-0.15, -0.1) is 10.2 Å². The van der Waals surface area contributed by atoms with Crippen LogP contribution in [-0.2, 0) is 4.79 Å². The maximum absolute atomic E-state index is 12.3. The van der Waals surface area contributed by atoms with Crippen LogP contribution >= 0.6 is 23.4 Å². The molecule has 3 aromatic carbocycles. The van der Waals surface area contributed by atoms with Crippen molar-refractivity contribution in [3.63, 3.8) is 0 Å². The Morgan fingerprint density at radius 1 is 1.09 bits per heavy atom. The molecular formula is C23H17ClN6O3S. The molecule has 0 aliphatic heterocycles. The van der Waals surface area contributed by atoms with E-state index < -0.39 is 4.92 Å². The highest BCUT2D eigenvalue weighted by Gasteiger charge is 2.17. The van der Waals surface area contributed by atoms with Crippen LogP contribution in [0.4, 0.5) is 5.69 Å². The Morgan fingerprint density at radius 3 is 2.50 bits per heavy atom. The molecule has 4 rings (SSSR count). The molecule has 4 aromatic rings. The molecule has 0 aliphatic rings. The fourth-order valence-corrected chi connectivity index (χ4v) is 3.97. The predicted molar refractivity (Wildman–Crippen MR) is 131 cm³/mol. The number of amides is 1. The molecule has 9 nitrogen and oxygen atoms in total. The van der Waals surface area contributed by atoms with Crippen molar-refractivity contribution in [2.45, 2.75) is 5.16 Å². The van der Waals surface area contributed by atoms with E-state index in [4.69, 9.17) is 11.6 Å². The molecule has 1 amide bonds. The molecule has 1 N–H and O–H groups in total. The van der Waals surface area contributed by atoms with Crippen molar-refractivity contribution in [2.75, 3.05) is 5.75 Å². The van der Waals surface area contributed by atoms with Crippen LogP contribution < -0.4 is 5.43 Å². The van der Waals surface area contributed by atoms with Crippen LogP contribution in [0, 0.1) is 10.1 Å². The van der Waals surface area contributed by atoms with E-state index in [1.165, 1.54) is 30.1 Å². The second kappa shape index (κ2) is 10.7. The number of nitro groups is 1. The highest BCUT2D eigenvalue weighted by molar-refractivity contribution is 7.99. The third-order valence-corrected chi connectivity index (χ3v) is 5.83. The van der Waals surface area contributed by atoms with E-state index in [2.05, 4.69) is 20.7 Å². The van der Waals surface area contributed by atoms with Gasteiger partial charge in [-0.2, -0.15) is 5.10 Å². The Hall–Kier alpha value is -4.02. The van der Waals surface area contributed by atoms with Crippen LogP contribution in [0.3, 0.4) is 0 Å². The number of hydrazone groups is 1. The van der Waals surface area contributed by atoms with Crippen LogP contribution in [0.1, 0.15) is 5.56 Å². The van der Waals surface area contributed by atoms with E-state index in [0.717, 1.165) is 11.3 Å². The number of halogens is 1. The molecule has 0 saturated carbocycles. The molecule has 1 aromatic heterocycles. The van der Waals surface area contributed by atoms with E-state index in [-0.39, 0.29) is 22.4 Å². The summed E-state index contributed by atoms with van der Waals surface area (Å²) in [5, 5.41) is 24.1. The van der Waals surface area contributed by atoms with Crippen molar-refractivity contribution in [3.05, 3.63) is 99.6 Å². The van der Waals surface area contributed by atoms with Crippen LogP contribution in [0.15, 0.2) is 89.1 Å². The van der Waals surface area contributed by atoms with Crippen LogP contribution in [0.2, 0.25) is 5.02 Å². The van der Waals surface area contributed by atoms with E-state index in [1.807, 2.05) is 65.2 Å². The zero-order valence-electron chi connectivity index (χ0n) is 17.5. The number of carbonyl (C=O) groups excluding carboxylic acids is 1. The first kappa shape index (κ1) is 23.1. The van der Waals surface area contributed by atoms with Gasteiger partial charge < -0.3 is 0 Å². The molecule has 11 heteroatoms. The van der Waals surface area contributed by atoms with E-state index in [9.17, 15) is 14.9 Å². The number of nitrogens with one attached hydrogen (secondary N) is 1. The minimum atomic E-state index is -0.582. The van der Waals surface area contributed by atoms with Gasteiger partial charge >= 0.3 is 0 Å². The number of para-hydroxylation sites is 1. The molecular weight excluding hydrogens is 476 g/mol. The summed E-state index contributed by atoms with van der Waals surface area (Å²) < 4.78 is 1.89. The molecule has 34 heavy (non-hydrogen) atoms. The Labute approximate surface area is 203 Å². The van der Waals surface area contributed by atoms with Crippen molar-refractivity contribution in [3.8, 4) is 17.1 Å². The average Bonchev–Trinajstić information content (AvgIpc) is 3.29. The Morgan fingerprint density at radius 2 is 1.79 bits per heavy atom. The molecule has 0 atom stereocenters. The number of nitro benzene ring substituents is 1. The third-order valence-electron chi connectivity index (χ3n) is 4.58. The van der Waals surface area contributed by atoms with Crippen LogP contribution in [-0.4, -0.2) is 37.6 Å². The number of benzene rings is 3.